The number of rotatable bonds is 4. The molecule has 0 saturated carbocycles. The molecule has 3 heteroatoms. The van der Waals surface area contributed by atoms with Gasteiger partial charge in [-0.3, -0.25) is 4.98 Å². The summed E-state index contributed by atoms with van der Waals surface area (Å²) in [5.74, 6) is 0. The van der Waals surface area contributed by atoms with Gasteiger partial charge in [0.25, 0.3) is 0 Å². The van der Waals surface area contributed by atoms with Crippen LogP contribution >= 0.6 is 0 Å². The first-order valence-electron chi connectivity index (χ1n) is 16.9. The average molecular weight is 636 g/mol. The quantitative estimate of drug-likeness (QED) is 0.143. The smallest absolute Gasteiger partial charge is 0.0788 e. The number of hydrogen-bond acceptors (Lipinski definition) is 3. The molecule has 0 aliphatic carbocycles. The zero-order valence-corrected chi connectivity index (χ0v) is 27.1. The SMILES string of the molecule is c1ccc(-c2nc3cc(-c4c5ccccc5c(-c5cccc(-c6ccncc6)n5)c5ccccc45)ccc3c3c2ccc2ccccc23)cc1. The van der Waals surface area contributed by atoms with Crippen molar-refractivity contribution in [2.24, 2.45) is 0 Å². The largest absolute Gasteiger partial charge is 0.265 e. The molecule has 0 atom stereocenters. The highest BCUT2D eigenvalue weighted by Crippen LogP contribution is 2.45. The molecule has 0 amide bonds. The van der Waals surface area contributed by atoms with E-state index in [0.29, 0.717) is 0 Å². The Morgan fingerprint density at radius 3 is 1.70 bits per heavy atom. The summed E-state index contributed by atoms with van der Waals surface area (Å²) in [5.41, 5.74) is 9.50. The Hall–Kier alpha value is -6.71. The van der Waals surface area contributed by atoms with Gasteiger partial charge in [0.2, 0.25) is 0 Å². The van der Waals surface area contributed by atoms with Crippen molar-refractivity contribution >= 4 is 54.0 Å². The average Bonchev–Trinajstić information content (AvgIpc) is 3.20. The maximum atomic E-state index is 5.42. The van der Waals surface area contributed by atoms with Crippen molar-refractivity contribution in [3.63, 3.8) is 0 Å². The van der Waals surface area contributed by atoms with E-state index in [-0.39, 0.29) is 0 Å². The minimum atomic E-state index is 0.928. The second-order valence-corrected chi connectivity index (χ2v) is 12.8. The molecule has 3 heterocycles. The topological polar surface area (TPSA) is 38.7 Å². The van der Waals surface area contributed by atoms with Gasteiger partial charge in [-0.15, -0.1) is 0 Å². The number of benzene rings is 7. The van der Waals surface area contributed by atoms with Gasteiger partial charge in [-0.25, -0.2) is 9.97 Å². The van der Waals surface area contributed by atoms with E-state index in [1.165, 1.54) is 43.3 Å². The van der Waals surface area contributed by atoms with Crippen molar-refractivity contribution in [2.45, 2.75) is 0 Å². The Morgan fingerprint density at radius 1 is 0.340 bits per heavy atom. The Morgan fingerprint density at radius 2 is 0.960 bits per heavy atom. The van der Waals surface area contributed by atoms with Crippen LogP contribution in [0, 0.1) is 0 Å². The van der Waals surface area contributed by atoms with Crippen molar-refractivity contribution < 1.29 is 0 Å². The van der Waals surface area contributed by atoms with Crippen molar-refractivity contribution in [2.75, 3.05) is 0 Å². The van der Waals surface area contributed by atoms with Crippen LogP contribution < -0.4 is 0 Å². The Labute approximate surface area is 289 Å². The summed E-state index contributed by atoms with van der Waals surface area (Å²) in [4.78, 5) is 14.8. The van der Waals surface area contributed by atoms with E-state index in [1.807, 2.05) is 24.5 Å². The van der Waals surface area contributed by atoms with E-state index in [4.69, 9.17) is 9.97 Å². The summed E-state index contributed by atoms with van der Waals surface area (Å²) in [5, 5.41) is 10.7. The molecule has 10 aromatic rings. The number of aromatic nitrogens is 3. The zero-order chi connectivity index (χ0) is 33.0. The normalized spacial score (nSPS) is 11.6. The zero-order valence-electron chi connectivity index (χ0n) is 27.1. The molecule has 0 aliphatic rings. The van der Waals surface area contributed by atoms with Gasteiger partial charge in [0.1, 0.15) is 0 Å². The highest BCUT2D eigenvalue weighted by atomic mass is 14.7. The molecule has 3 nitrogen and oxygen atoms in total. The molecule has 7 aromatic carbocycles. The minimum Gasteiger partial charge on any atom is -0.265 e. The van der Waals surface area contributed by atoms with Crippen LogP contribution in [0.3, 0.4) is 0 Å². The van der Waals surface area contributed by atoms with Crippen LogP contribution in [-0.4, -0.2) is 15.0 Å². The van der Waals surface area contributed by atoms with Crippen LogP contribution in [0.15, 0.2) is 176 Å². The van der Waals surface area contributed by atoms with E-state index in [2.05, 4.69) is 157 Å². The second kappa shape index (κ2) is 11.5. The van der Waals surface area contributed by atoms with Crippen molar-refractivity contribution in [1.29, 1.82) is 0 Å². The summed E-state index contributed by atoms with van der Waals surface area (Å²) in [6.45, 7) is 0. The third-order valence-corrected chi connectivity index (χ3v) is 9.93. The van der Waals surface area contributed by atoms with Crippen LogP contribution in [0.5, 0.6) is 0 Å². The van der Waals surface area contributed by atoms with Gasteiger partial charge in [0.05, 0.1) is 22.6 Å². The third kappa shape index (κ3) is 4.48. The highest BCUT2D eigenvalue weighted by molar-refractivity contribution is 6.24. The first kappa shape index (κ1) is 28.3. The maximum absolute atomic E-state index is 5.42. The fraction of sp³-hybridized carbons (Fsp3) is 0. The molecule has 10 rings (SSSR count). The number of nitrogens with zero attached hydrogens (tertiary/aromatic N) is 3. The third-order valence-electron chi connectivity index (χ3n) is 9.93. The van der Waals surface area contributed by atoms with Gasteiger partial charge in [0, 0.05) is 45.2 Å². The van der Waals surface area contributed by atoms with Crippen LogP contribution in [-0.2, 0) is 0 Å². The second-order valence-electron chi connectivity index (χ2n) is 12.8. The molecule has 0 spiro atoms. The summed E-state index contributed by atoms with van der Waals surface area (Å²) in [7, 11) is 0. The highest BCUT2D eigenvalue weighted by Gasteiger charge is 2.19. The molecule has 0 saturated heterocycles. The first-order valence-corrected chi connectivity index (χ1v) is 16.9. The van der Waals surface area contributed by atoms with Crippen LogP contribution in [0.2, 0.25) is 0 Å². The monoisotopic (exact) mass is 635 g/mol. The molecular weight excluding hydrogens is 607 g/mol. The predicted molar refractivity (Wildman–Crippen MR) is 209 cm³/mol. The first-order chi connectivity index (χ1) is 24.8. The summed E-state index contributed by atoms with van der Waals surface area (Å²) in [6, 6.07) is 58.3. The van der Waals surface area contributed by atoms with E-state index in [1.54, 1.807) is 0 Å². The van der Waals surface area contributed by atoms with Crippen molar-refractivity contribution in [3.8, 4) is 44.9 Å². The van der Waals surface area contributed by atoms with Crippen LogP contribution in [0.25, 0.3) is 98.9 Å². The lowest BCUT2D eigenvalue weighted by Crippen LogP contribution is -1.94. The summed E-state index contributed by atoms with van der Waals surface area (Å²) in [6.07, 6.45) is 3.63. The fourth-order valence-corrected chi connectivity index (χ4v) is 7.72. The molecule has 0 fully saturated rings. The number of pyridine rings is 3. The van der Waals surface area contributed by atoms with Crippen molar-refractivity contribution in [3.05, 3.63) is 176 Å². The van der Waals surface area contributed by atoms with E-state index >= 15 is 0 Å². The molecule has 0 aliphatic heterocycles. The molecule has 3 aromatic heterocycles. The van der Waals surface area contributed by atoms with Gasteiger partial charge in [-0.05, 0) is 73.8 Å². The lowest BCUT2D eigenvalue weighted by atomic mass is 9.86. The lowest BCUT2D eigenvalue weighted by molar-refractivity contribution is 1.29. The Kier molecular flexibility index (Phi) is 6.49. The van der Waals surface area contributed by atoms with Gasteiger partial charge >= 0.3 is 0 Å². The molecule has 0 radical (unpaired) electrons. The summed E-state index contributed by atoms with van der Waals surface area (Å²) >= 11 is 0. The molecule has 232 valence electrons. The van der Waals surface area contributed by atoms with Crippen molar-refractivity contribution in [1.82, 2.24) is 15.0 Å². The number of fused-ring (bicyclic) bond motifs is 7. The number of hydrogen-bond donors (Lipinski definition) is 0. The van der Waals surface area contributed by atoms with Gasteiger partial charge in [0.15, 0.2) is 0 Å². The predicted octanol–water partition coefficient (Wildman–Crippen LogP) is 12.3. The van der Waals surface area contributed by atoms with Gasteiger partial charge in [-0.1, -0.05) is 133 Å². The molecule has 50 heavy (non-hydrogen) atoms. The Balaban J connectivity index is 1.27. The molecule has 0 bridgehead atoms. The van der Waals surface area contributed by atoms with E-state index in [9.17, 15) is 0 Å². The minimum absolute atomic E-state index is 0.928. The van der Waals surface area contributed by atoms with Gasteiger partial charge < -0.3 is 0 Å². The lowest BCUT2D eigenvalue weighted by Gasteiger charge is -2.18. The standard InChI is InChI=1S/C47H29N3/c1-2-12-32(13-3-1)47-40-24-21-30-11-4-5-14-34(30)45(40)39-23-22-33(29-43(39)50-47)44-35-15-6-8-17-37(35)46(38-18-9-7-16-36(38)44)42-20-10-19-41(49-42)31-25-27-48-28-26-31/h1-29H. The maximum Gasteiger partial charge on any atom is 0.0788 e. The van der Waals surface area contributed by atoms with E-state index < -0.39 is 0 Å². The summed E-state index contributed by atoms with van der Waals surface area (Å²) < 4.78 is 0. The van der Waals surface area contributed by atoms with Gasteiger partial charge in [-0.2, -0.15) is 0 Å². The van der Waals surface area contributed by atoms with Crippen LogP contribution in [0.4, 0.5) is 0 Å². The van der Waals surface area contributed by atoms with Crippen LogP contribution in [0.1, 0.15) is 0 Å². The fourth-order valence-electron chi connectivity index (χ4n) is 7.72. The molecule has 0 unspecified atom stereocenters. The van der Waals surface area contributed by atoms with E-state index in [0.717, 1.165) is 55.6 Å². The molecule has 0 N–H and O–H groups in total. The Bertz CT molecular complexity index is 2860. The molecular formula is C47H29N3.